The van der Waals surface area contributed by atoms with Crippen LogP contribution < -0.4 is 10.6 Å². The third-order valence-electron chi connectivity index (χ3n) is 2.74. The SMILES string of the molecule is CC(CNC(=O)NC(=O)CCCCC(=O)O)c1nccs1. The van der Waals surface area contributed by atoms with Gasteiger partial charge in [0.1, 0.15) is 0 Å². The van der Waals surface area contributed by atoms with Crippen molar-refractivity contribution in [3.8, 4) is 0 Å². The summed E-state index contributed by atoms with van der Waals surface area (Å²) in [5.41, 5.74) is 0. The Labute approximate surface area is 126 Å². The molecule has 0 fully saturated rings. The Morgan fingerprint density at radius 2 is 2.05 bits per heavy atom. The number of hydrogen-bond donors (Lipinski definition) is 3. The van der Waals surface area contributed by atoms with Crippen LogP contribution in [0.5, 0.6) is 0 Å². The van der Waals surface area contributed by atoms with E-state index in [0.29, 0.717) is 19.4 Å². The van der Waals surface area contributed by atoms with Crippen molar-refractivity contribution in [2.45, 2.75) is 38.5 Å². The van der Waals surface area contributed by atoms with E-state index in [1.54, 1.807) is 6.20 Å². The first kappa shape index (κ1) is 17.1. The van der Waals surface area contributed by atoms with E-state index in [1.165, 1.54) is 11.3 Å². The van der Waals surface area contributed by atoms with E-state index in [4.69, 9.17) is 5.11 Å². The number of nitrogens with one attached hydrogen (secondary N) is 2. The molecular formula is C13H19N3O4S. The summed E-state index contributed by atoms with van der Waals surface area (Å²) in [6.45, 7) is 2.33. The van der Waals surface area contributed by atoms with Crippen LogP contribution in [0.3, 0.4) is 0 Å². The van der Waals surface area contributed by atoms with Crippen molar-refractivity contribution in [3.05, 3.63) is 16.6 Å². The lowest BCUT2D eigenvalue weighted by atomic mass is 10.2. The smallest absolute Gasteiger partial charge is 0.321 e. The number of aromatic nitrogens is 1. The summed E-state index contributed by atoms with van der Waals surface area (Å²) >= 11 is 1.51. The van der Waals surface area contributed by atoms with Crippen LogP contribution in [-0.4, -0.2) is 34.5 Å². The molecule has 0 radical (unpaired) electrons. The van der Waals surface area contributed by atoms with Crippen LogP contribution in [0.2, 0.25) is 0 Å². The van der Waals surface area contributed by atoms with Crippen LogP contribution in [-0.2, 0) is 9.59 Å². The molecule has 0 aliphatic carbocycles. The molecule has 1 heterocycles. The number of unbranched alkanes of at least 4 members (excludes halogenated alkanes) is 1. The minimum Gasteiger partial charge on any atom is -0.481 e. The van der Waals surface area contributed by atoms with E-state index in [9.17, 15) is 14.4 Å². The molecular weight excluding hydrogens is 294 g/mol. The van der Waals surface area contributed by atoms with Gasteiger partial charge < -0.3 is 10.4 Å². The number of carboxylic acids is 1. The number of imide groups is 1. The molecule has 1 rings (SSSR count). The second kappa shape index (κ2) is 9.06. The fourth-order valence-electron chi connectivity index (χ4n) is 1.61. The lowest BCUT2D eigenvalue weighted by Gasteiger charge is -2.10. The number of amides is 3. The highest BCUT2D eigenvalue weighted by atomic mass is 32.1. The average molecular weight is 313 g/mol. The first-order valence-corrected chi connectivity index (χ1v) is 7.56. The predicted molar refractivity (Wildman–Crippen MR) is 78.2 cm³/mol. The predicted octanol–water partition coefficient (Wildman–Crippen LogP) is 1.72. The molecule has 0 bridgehead atoms. The van der Waals surface area contributed by atoms with Crippen LogP contribution in [0.25, 0.3) is 0 Å². The van der Waals surface area contributed by atoms with Crippen molar-refractivity contribution in [2.24, 2.45) is 0 Å². The molecule has 8 heteroatoms. The number of carbonyl (C=O) groups is 3. The third kappa shape index (κ3) is 7.40. The summed E-state index contributed by atoms with van der Waals surface area (Å²) in [7, 11) is 0. The summed E-state index contributed by atoms with van der Waals surface area (Å²) < 4.78 is 0. The van der Waals surface area contributed by atoms with Gasteiger partial charge in [-0.05, 0) is 12.8 Å². The van der Waals surface area contributed by atoms with Crippen LogP contribution in [0.4, 0.5) is 4.79 Å². The molecule has 1 unspecified atom stereocenters. The number of thiazole rings is 1. The van der Waals surface area contributed by atoms with Gasteiger partial charge in [-0.15, -0.1) is 11.3 Å². The summed E-state index contributed by atoms with van der Waals surface area (Å²) in [5.74, 6) is -1.20. The first-order chi connectivity index (χ1) is 9.99. The Kier molecular flexibility index (Phi) is 7.38. The lowest BCUT2D eigenvalue weighted by Crippen LogP contribution is -2.40. The molecule has 1 aromatic rings. The molecule has 0 spiro atoms. The Balaban J connectivity index is 2.15. The van der Waals surface area contributed by atoms with Crippen LogP contribution in [0.1, 0.15) is 43.5 Å². The number of aliphatic carboxylic acids is 1. The molecule has 0 aliphatic rings. The van der Waals surface area contributed by atoms with Gasteiger partial charge in [-0.2, -0.15) is 0 Å². The second-order valence-corrected chi connectivity index (χ2v) is 5.56. The summed E-state index contributed by atoms with van der Waals surface area (Å²) in [6, 6.07) is -0.540. The monoisotopic (exact) mass is 313 g/mol. The van der Waals surface area contributed by atoms with Gasteiger partial charge in [-0.1, -0.05) is 6.92 Å². The van der Waals surface area contributed by atoms with Gasteiger partial charge >= 0.3 is 12.0 Å². The molecule has 0 aromatic carbocycles. The average Bonchev–Trinajstić information content (AvgIpc) is 2.95. The quantitative estimate of drug-likeness (QED) is 0.633. The van der Waals surface area contributed by atoms with Crippen molar-refractivity contribution in [1.29, 1.82) is 0 Å². The molecule has 116 valence electrons. The van der Waals surface area contributed by atoms with E-state index < -0.39 is 17.9 Å². The number of hydrogen-bond acceptors (Lipinski definition) is 5. The van der Waals surface area contributed by atoms with E-state index >= 15 is 0 Å². The highest BCUT2D eigenvalue weighted by Crippen LogP contribution is 2.16. The van der Waals surface area contributed by atoms with Crippen molar-refractivity contribution in [1.82, 2.24) is 15.6 Å². The summed E-state index contributed by atoms with van der Waals surface area (Å²) in [4.78, 5) is 37.4. The Bertz CT molecular complexity index is 476. The van der Waals surface area contributed by atoms with E-state index in [1.807, 2.05) is 12.3 Å². The van der Waals surface area contributed by atoms with Crippen molar-refractivity contribution in [2.75, 3.05) is 6.54 Å². The number of rotatable bonds is 8. The first-order valence-electron chi connectivity index (χ1n) is 6.68. The van der Waals surface area contributed by atoms with Crippen LogP contribution in [0, 0.1) is 0 Å². The fourth-order valence-corrected chi connectivity index (χ4v) is 2.30. The van der Waals surface area contributed by atoms with Crippen LogP contribution >= 0.6 is 11.3 Å². The molecule has 0 aliphatic heterocycles. The van der Waals surface area contributed by atoms with Gasteiger partial charge in [0, 0.05) is 36.9 Å². The van der Waals surface area contributed by atoms with E-state index in [2.05, 4.69) is 15.6 Å². The van der Waals surface area contributed by atoms with E-state index in [0.717, 1.165) is 5.01 Å². The minimum atomic E-state index is -0.885. The highest BCUT2D eigenvalue weighted by Gasteiger charge is 2.11. The summed E-state index contributed by atoms with van der Waals surface area (Å²) in [6.07, 6.45) is 2.75. The lowest BCUT2D eigenvalue weighted by molar-refractivity contribution is -0.137. The zero-order valence-electron chi connectivity index (χ0n) is 11.8. The Hall–Kier alpha value is -1.96. The standard InChI is InChI=1S/C13H19N3O4S/c1-9(12-14-6-7-21-12)8-15-13(20)16-10(17)4-2-3-5-11(18)19/h6-7,9H,2-5,8H2,1H3,(H,18,19)(H2,15,16,17,20). The normalized spacial score (nSPS) is 11.7. The zero-order valence-corrected chi connectivity index (χ0v) is 12.6. The van der Waals surface area contributed by atoms with Gasteiger partial charge in [0.2, 0.25) is 5.91 Å². The summed E-state index contributed by atoms with van der Waals surface area (Å²) in [5, 5.41) is 16.1. The molecule has 1 atom stereocenters. The molecule has 1 aromatic heterocycles. The zero-order chi connectivity index (χ0) is 15.7. The minimum absolute atomic E-state index is 0.0325. The largest absolute Gasteiger partial charge is 0.481 e. The van der Waals surface area contributed by atoms with Gasteiger partial charge in [-0.25, -0.2) is 9.78 Å². The van der Waals surface area contributed by atoms with Gasteiger partial charge in [0.15, 0.2) is 0 Å². The molecule has 3 N–H and O–H groups in total. The molecule has 7 nitrogen and oxygen atoms in total. The van der Waals surface area contributed by atoms with E-state index in [-0.39, 0.29) is 18.8 Å². The molecule has 0 saturated carbocycles. The second-order valence-electron chi connectivity index (χ2n) is 4.63. The fraction of sp³-hybridized carbons (Fsp3) is 0.538. The number of nitrogens with zero attached hydrogens (tertiary/aromatic N) is 1. The van der Waals surface area contributed by atoms with Crippen LogP contribution in [0.15, 0.2) is 11.6 Å². The maximum atomic E-state index is 11.5. The Morgan fingerprint density at radius 3 is 2.67 bits per heavy atom. The topological polar surface area (TPSA) is 108 Å². The van der Waals surface area contributed by atoms with Crippen molar-refractivity contribution < 1.29 is 19.5 Å². The van der Waals surface area contributed by atoms with Crippen molar-refractivity contribution >= 4 is 29.2 Å². The molecule has 21 heavy (non-hydrogen) atoms. The number of carboxylic acid groups (broad SMARTS) is 1. The van der Waals surface area contributed by atoms with Crippen molar-refractivity contribution in [3.63, 3.8) is 0 Å². The molecule has 0 saturated heterocycles. The molecule has 3 amide bonds. The maximum absolute atomic E-state index is 11.5. The van der Waals surface area contributed by atoms with Gasteiger partial charge in [-0.3, -0.25) is 14.9 Å². The Morgan fingerprint density at radius 1 is 1.33 bits per heavy atom. The number of carbonyl (C=O) groups excluding carboxylic acids is 2. The number of urea groups is 1. The van der Waals surface area contributed by atoms with Gasteiger partial charge in [0.05, 0.1) is 5.01 Å². The highest BCUT2D eigenvalue weighted by molar-refractivity contribution is 7.09. The maximum Gasteiger partial charge on any atom is 0.321 e. The third-order valence-corrected chi connectivity index (χ3v) is 3.75. The van der Waals surface area contributed by atoms with Gasteiger partial charge in [0.25, 0.3) is 0 Å².